The van der Waals surface area contributed by atoms with E-state index in [0.29, 0.717) is 29.9 Å². The number of aromatic nitrogens is 3. The molecule has 4 rings (SSSR count). The Morgan fingerprint density at radius 3 is 2.85 bits per heavy atom. The van der Waals surface area contributed by atoms with Gasteiger partial charge in [0.1, 0.15) is 5.82 Å². The Labute approximate surface area is 150 Å². The molecule has 4 aromatic rings. The van der Waals surface area contributed by atoms with Crippen molar-refractivity contribution in [3.63, 3.8) is 0 Å². The summed E-state index contributed by atoms with van der Waals surface area (Å²) in [6.45, 7) is 2.61. The molecule has 0 aliphatic rings. The molecule has 2 aromatic heterocycles. The van der Waals surface area contributed by atoms with Gasteiger partial charge in [-0.05, 0) is 42.8 Å². The van der Waals surface area contributed by atoms with E-state index in [1.807, 2.05) is 28.8 Å². The van der Waals surface area contributed by atoms with Crippen LogP contribution in [0.1, 0.15) is 12.5 Å². The molecule has 26 heavy (non-hydrogen) atoms. The van der Waals surface area contributed by atoms with Crippen LogP contribution in [-0.4, -0.2) is 32.3 Å². The van der Waals surface area contributed by atoms with Crippen LogP contribution in [0.4, 0.5) is 10.3 Å². The normalized spacial score (nSPS) is 12.6. The molecule has 2 aromatic carbocycles. The van der Waals surface area contributed by atoms with Crippen LogP contribution in [0.3, 0.4) is 0 Å². The van der Waals surface area contributed by atoms with Crippen molar-refractivity contribution in [1.82, 2.24) is 14.5 Å². The van der Waals surface area contributed by atoms with Crippen LogP contribution >= 0.6 is 0 Å². The molecule has 0 radical (unpaired) electrons. The number of nitrogens with one attached hydrogen (secondary N) is 1. The van der Waals surface area contributed by atoms with E-state index in [2.05, 4.69) is 15.3 Å². The molecule has 0 spiro atoms. The average Bonchev–Trinajstić information content (AvgIpc) is 3.00. The Morgan fingerprint density at radius 1 is 1.15 bits per heavy atom. The van der Waals surface area contributed by atoms with Gasteiger partial charge < -0.3 is 15.0 Å². The van der Waals surface area contributed by atoms with Crippen molar-refractivity contribution in [2.45, 2.75) is 19.6 Å². The molecule has 0 saturated heterocycles. The molecule has 0 amide bonds. The van der Waals surface area contributed by atoms with Crippen LogP contribution in [0.5, 0.6) is 0 Å². The number of aliphatic hydroxyl groups excluding tert-OH is 1. The van der Waals surface area contributed by atoms with E-state index in [0.717, 1.165) is 16.6 Å². The lowest BCUT2D eigenvalue weighted by molar-refractivity contribution is 0.208. The molecule has 2 heterocycles. The van der Waals surface area contributed by atoms with Gasteiger partial charge in [-0.2, -0.15) is 0 Å². The Morgan fingerprint density at radius 2 is 2.00 bits per heavy atom. The van der Waals surface area contributed by atoms with E-state index in [4.69, 9.17) is 0 Å². The Balaban J connectivity index is 1.82. The van der Waals surface area contributed by atoms with Gasteiger partial charge in [0, 0.05) is 18.1 Å². The lowest BCUT2D eigenvalue weighted by atomic mass is 10.1. The first-order valence-electron chi connectivity index (χ1n) is 8.53. The number of hydrogen-bond acceptors (Lipinski definition) is 4. The third kappa shape index (κ3) is 2.99. The number of para-hydroxylation sites is 2. The summed E-state index contributed by atoms with van der Waals surface area (Å²) in [5, 5.41) is 13.3. The van der Waals surface area contributed by atoms with Crippen molar-refractivity contribution >= 4 is 27.9 Å². The van der Waals surface area contributed by atoms with Gasteiger partial charge in [-0.15, -0.1) is 0 Å². The zero-order valence-electron chi connectivity index (χ0n) is 14.4. The maximum absolute atomic E-state index is 14.1. The second kappa shape index (κ2) is 6.72. The summed E-state index contributed by atoms with van der Waals surface area (Å²) in [6.07, 6.45) is 1.18. The molecule has 6 heteroatoms. The van der Waals surface area contributed by atoms with Gasteiger partial charge in [0.15, 0.2) is 0 Å². The number of hydrogen-bond donors (Lipinski definition) is 2. The molecule has 0 unspecified atom stereocenters. The smallest absolute Gasteiger partial charge is 0.204 e. The topological polar surface area (TPSA) is 63.0 Å². The van der Waals surface area contributed by atoms with Crippen LogP contribution in [0.2, 0.25) is 0 Å². The molecule has 0 saturated carbocycles. The number of aliphatic hydroxyl groups is 1. The van der Waals surface area contributed by atoms with Gasteiger partial charge >= 0.3 is 0 Å². The van der Waals surface area contributed by atoms with Crippen molar-refractivity contribution < 1.29 is 9.50 Å². The molecule has 0 aliphatic carbocycles. The molecule has 0 aliphatic heterocycles. The van der Waals surface area contributed by atoms with E-state index in [9.17, 15) is 9.50 Å². The lowest BCUT2D eigenvalue weighted by Gasteiger charge is -2.13. The van der Waals surface area contributed by atoms with Crippen molar-refractivity contribution in [2.75, 3.05) is 11.9 Å². The van der Waals surface area contributed by atoms with Gasteiger partial charge in [-0.3, -0.25) is 4.98 Å². The zero-order chi connectivity index (χ0) is 18.1. The molecule has 0 fully saturated rings. The number of fused-ring (bicyclic) bond motifs is 2. The average molecular weight is 350 g/mol. The highest BCUT2D eigenvalue weighted by molar-refractivity contribution is 5.83. The summed E-state index contributed by atoms with van der Waals surface area (Å²) in [7, 11) is 0. The monoisotopic (exact) mass is 350 g/mol. The van der Waals surface area contributed by atoms with Crippen molar-refractivity contribution in [2.24, 2.45) is 0 Å². The first-order valence-corrected chi connectivity index (χ1v) is 8.53. The summed E-state index contributed by atoms with van der Waals surface area (Å²) < 4.78 is 16.1. The number of anilines is 1. The Kier molecular flexibility index (Phi) is 4.26. The minimum Gasteiger partial charge on any atom is -0.392 e. The van der Waals surface area contributed by atoms with Gasteiger partial charge in [0.2, 0.25) is 5.95 Å². The number of rotatable bonds is 5. The molecule has 1 atom stereocenters. The number of nitrogens with zero attached hydrogens (tertiary/aromatic N) is 3. The quantitative estimate of drug-likeness (QED) is 0.578. The van der Waals surface area contributed by atoms with E-state index >= 15 is 0 Å². The minimum atomic E-state index is -0.489. The molecule has 132 valence electrons. The SMILES string of the molecule is C[C@H](O)CNc1nc2ccccc2n1Cc1ccc(F)c2cccnc12. The second-order valence-corrected chi connectivity index (χ2v) is 6.35. The fraction of sp³-hybridized carbons (Fsp3) is 0.200. The number of halogens is 1. The fourth-order valence-electron chi connectivity index (χ4n) is 3.10. The van der Waals surface area contributed by atoms with Gasteiger partial charge in [-0.1, -0.05) is 18.2 Å². The highest BCUT2D eigenvalue weighted by Gasteiger charge is 2.14. The molecule has 0 bridgehead atoms. The highest BCUT2D eigenvalue weighted by Crippen LogP contribution is 2.25. The van der Waals surface area contributed by atoms with E-state index in [-0.39, 0.29) is 5.82 Å². The van der Waals surface area contributed by atoms with Crippen LogP contribution < -0.4 is 5.32 Å². The third-order valence-corrected chi connectivity index (χ3v) is 4.34. The summed E-state index contributed by atoms with van der Waals surface area (Å²) in [4.78, 5) is 9.00. The van der Waals surface area contributed by atoms with Crippen molar-refractivity contribution in [3.05, 3.63) is 66.1 Å². The standard InChI is InChI=1S/C20H19FN4O/c1-13(26)11-23-20-24-17-6-2-3-7-18(17)25(20)12-14-8-9-16(21)15-5-4-10-22-19(14)15/h2-10,13,26H,11-12H2,1H3,(H,23,24)/t13-/m0/s1. The lowest BCUT2D eigenvalue weighted by Crippen LogP contribution is -2.18. The van der Waals surface area contributed by atoms with E-state index in [1.54, 1.807) is 31.3 Å². The number of benzene rings is 2. The summed E-state index contributed by atoms with van der Waals surface area (Å²) in [5.41, 5.74) is 3.38. The largest absolute Gasteiger partial charge is 0.392 e. The van der Waals surface area contributed by atoms with E-state index < -0.39 is 6.10 Å². The zero-order valence-corrected chi connectivity index (χ0v) is 14.4. The van der Waals surface area contributed by atoms with Crippen LogP contribution in [0.15, 0.2) is 54.7 Å². The van der Waals surface area contributed by atoms with Crippen molar-refractivity contribution in [3.8, 4) is 0 Å². The second-order valence-electron chi connectivity index (χ2n) is 6.35. The van der Waals surface area contributed by atoms with Gasteiger partial charge in [0.05, 0.1) is 29.2 Å². The van der Waals surface area contributed by atoms with Gasteiger partial charge in [-0.25, -0.2) is 9.37 Å². The first-order chi connectivity index (χ1) is 12.6. The highest BCUT2D eigenvalue weighted by atomic mass is 19.1. The van der Waals surface area contributed by atoms with Crippen LogP contribution in [0, 0.1) is 5.82 Å². The molecule has 5 nitrogen and oxygen atoms in total. The number of pyridine rings is 1. The molecule has 2 N–H and O–H groups in total. The third-order valence-electron chi connectivity index (χ3n) is 4.34. The maximum atomic E-state index is 14.1. The summed E-state index contributed by atoms with van der Waals surface area (Å²) in [5.74, 6) is 0.389. The van der Waals surface area contributed by atoms with Crippen LogP contribution in [0.25, 0.3) is 21.9 Å². The van der Waals surface area contributed by atoms with Crippen LogP contribution in [-0.2, 0) is 6.54 Å². The first kappa shape index (κ1) is 16.5. The Hall–Kier alpha value is -2.99. The van der Waals surface area contributed by atoms with E-state index in [1.165, 1.54) is 6.07 Å². The van der Waals surface area contributed by atoms with Gasteiger partial charge in [0.25, 0.3) is 0 Å². The fourth-order valence-corrected chi connectivity index (χ4v) is 3.10. The molecular formula is C20H19FN4O. The van der Waals surface area contributed by atoms with Crippen molar-refractivity contribution in [1.29, 1.82) is 0 Å². The maximum Gasteiger partial charge on any atom is 0.204 e. The minimum absolute atomic E-state index is 0.278. The predicted molar refractivity (Wildman–Crippen MR) is 101 cm³/mol. The number of imidazole rings is 1. The summed E-state index contributed by atoms with van der Waals surface area (Å²) in [6, 6.07) is 14.5. The summed E-state index contributed by atoms with van der Waals surface area (Å²) >= 11 is 0. The molecular weight excluding hydrogens is 331 g/mol. The predicted octanol–water partition coefficient (Wildman–Crippen LogP) is 3.56. The Bertz CT molecular complexity index is 1070.